The minimum atomic E-state index is -0.914. The van der Waals surface area contributed by atoms with E-state index in [0.717, 1.165) is 5.56 Å². The van der Waals surface area contributed by atoms with Gasteiger partial charge in [0.1, 0.15) is 0 Å². The van der Waals surface area contributed by atoms with E-state index in [-0.39, 0.29) is 12.3 Å². The first kappa shape index (κ1) is 21.4. The molecule has 0 bridgehead atoms. The van der Waals surface area contributed by atoms with Crippen molar-refractivity contribution in [2.75, 3.05) is 6.54 Å². The maximum absolute atomic E-state index is 12.6. The van der Waals surface area contributed by atoms with Gasteiger partial charge in [-0.15, -0.1) is 0 Å². The Morgan fingerprint density at radius 3 is 2.32 bits per heavy atom. The molecular formula is C21H23ClN2O4. The molecule has 2 atom stereocenters. The molecule has 2 rings (SSSR count). The molecule has 2 N–H and O–H groups in total. The first-order valence-corrected chi connectivity index (χ1v) is 9.37. The lowest BCUT2D eigenvalue weighted by atomic mass is 10.0. The second-order valence-electron chi connectivity index (χ2n) is 6.15. The van der Waals surface area contributed by atoms with Crippen molar-refractivity contribution in [2.24, 2.45) is 0 Å². The highest BCUT2D eigenvalue weighted by Crippen LogP contribution is 2.21. The summed E-state index contributed by atoms with van der Waals surface area (Å²) in [6.07, 6.45) is -1.03. The van der Waals surface area contributed by atoms with Gasteiger partial charge in [-0.1, -0.05) is 54.1 Å². The van der Waals surface area contributed by atoms with Gasteiger partial charge in [0.2, 0.25) is 0 Å². The maximum atomic E-state index is 12.6. The second kappa shape index (κ2) is 10.5. The Morgan fingerprint density at radius 1 is 1.04 bits per heavy atom. The number of likely N-dealkylation sites (N-methyl/N-ethyl adjacent to an activating group) is 1. The summed E-state index contributed by atoms with van der Waals surface area (Å²) >= 11 is 6.09. The van der Waals surface area contributed by atoms with E-state index in [1.165, 1.54) is 6.92 Å². The molecule has 0 aliphatic heterocycles. The summed E-state index contributed by atoms with van der Waals surface area (Å²) in [4.78, 5) is 36.7. The minimum Gasteiger partial charge on any atom is -0.452 e. The molecule has 0 aliphatic rings. The highest BCUT2D eigenvalue weighted by atomic mass is 35.5. The van der Waals surface area contributed by atoms with Gasteiger partial charge < -0.3 is 15.4 Å². The Morgan fingerprint density at radius 2 is 1.68 bits per heavy atom. The Bertz CT molecular complexity index is 826. The first-order valence-electron chi connectivity index (χ1n) is 9.00. The third kappa shape index (κ3) is 6.09. The van der Waals surface area contributed by atoms with Gasteiger partial charge in [-0.25, -0.2) is 0 Å². The lowest BCUT2D eigenvalue weighted by Gasteiger charge is -2.20. The Hall–Kier alpha value is -2.86. The van der Waals surface area contributed by atoms with Crippen molar-refractivity contribution in [3.8, 4) is 0 Å². The molecule has 0 saturated carbocycles. The fourth-order valence-corrected chi connectivity index (χ4v) is 2.82. The van der Waals surface area contributed by atoms with E-state index in [2.05, 4.69) is 10.6 Å². The van der Waals surface area contributed by atoms with E-state index >= 15 is 0 Å². The fraction of sp³-hybridized carbons (Fsp3) is 0.286. The van der Waals surface area contributed by atoms with Gasteiger partial charge in [-0.3, -0.25) is 14.4 Å². The number of carbonyl (C=O) groups is 3. The number of carbonyl (C=O) groups excluding carboxylic acids is 3. The summed E-state index contributed by atoms with van der Waals surface area (Å²) in [6.45, 7) is 3.73. The normalized spacial score (nSPS) is 12.5. The average molecular weight is 403 g/mol. The van der Waals surface area contributed by atoms with Gasteiger partial charge in [0, 0.05) is 6.54 Å². The van der Waals surface area contributed by atoms with Crippen molar-refractivity contribution < 1.29 is 19.1 Å². The van der Waals surface area contributed by atoms with Crippen molar-refractivity contribution >= 4 is 29.4 Å². The lowest BCUT2D eigenvalue weighted by molar-refractivity contribution is -0.155. The van der Waals surface area contributed by atoms with Crippen LogP contribution in [0.4, 0.5) is 0 Å². The SMILES string of the molecule is CCNC(=O)[C@@H](C)OC(=O)C[C@@H](NC(=O)c1ccccc1Cl)c1ccccc1. The number of benzene rings is 2. The first-order chi connectivity index (χ1) is 13.4. The molecule has 2 aromatic rings. The van der Waals surface area contributed by atoms with Crippen LogP contribution in [0.3, 0.4) is 0 Å². The van der Waals surface area contributed by atoms with Gasteiger partial charge in [0.05, 0.1) is 23.0 Å². The third-order valence-electron chi connectivity index (χ3n) is 4.02. The predicted molar refractivity (Wildman–Crippen MR) is 107 cm³/mol. The molecule has 0 unspecified atom stereocenters. The summed E-state index contributed by atoms with van der Waals surface area (Å²) in [6, 6.07) is 15.1. The molecule has 0 aliphatic carbocycles. The van der Waals surface area contributed by atoms with E-state index < -0.39 is 24.0 Å². The summed E-state index contributed by atoms with van der Waals surface area (Å²) < 4.78 is 5.20. The third-order valence-corrected chi connectivity index (χ3v) is 4.35. The summed E-state index contributed by atoms with van der Waals surface area (Å²) in [5.41, 5.74) is 1.06. The van der Waals surface area contributed by atoms with Crippen LogP contribution in [0.15, 0.2) is 54.6 Å². The zero-order chi connectivity index (χ0) is 20.5. The molecule has 148 valence electrons. The molecule has 0 aromatic heterocycles. The topological polar surface area (TPSA) is 84.5 Å². The summed E-state index contributed by atoms with van der Waals surface area (Å²) in [5, 5.41) is 5.74. The van der Waals surface area contributed by atoms with Gasteiger partial charge in [-0.2, -0.15) is 0 Å². The number of rotatable bonds is 8. The molecule has 0 saturated heterocycles. The maximum Gasteiger partial charge on any atom is 0.309 e. The molecule has 2 amide bonds. The van der Waals surface area contributed by atoms with Crippen LogP contribution in [0.5, 0.6) is 0 Å². The Kier molecular flexibility index (Phi) is 8.02. The van der Waals surface area contributed by atoms with Crippen LogP contribution in [0.2, 0.25) is 5.02 Å². The number of hydrogen-bond donors (Lipinski definition) is 2. The number of hydrogen-bond acceptors (Lipinski definition) is 4. The quantitative estimate of drug-likeness (QED) is 0.664. The summed E-state index contributed by atoms with van der Waals surface area (Å²) in [7, 11) is 0. The van der Waals surface area contributed by atoms with Gasteiger partial charge in [-0.05, 0) is 31.5 Å². The van der Waals surface area contributed by atoms with Crippen LogP contribution in [0.25, 0.3) is 0 Å². The molecule has 0 heterocycles. The molecule has 0 fully saturated rings. The molecular weight excluding hydrogens is 380 g/mol. The Labute approximate surface area is 169 Å². The standard InChI is InChI=1S/C21H23ClN2O4/c1-3-23-20(26)14(2)28-19(25)13-18(15-9-5-4-6-10-15)24-21(27)16-11-7-8-12-17(16)22/h4-12,14,18H,3,13H2,1-2H3,(H,23,26)(H,24,27)/t14-,18-/m1/s1. The van der Waals surface area contributed by atoms with Crippen LogP contribution in [0, 0.1) is 0 Å². The fourth-order valence-electron chi connectivity index (χ4n) is 2.60. The molecule has 2 aromatic carbocycles. The van der Waals surface area contributed by atoms with Crippen LogP contribution in [-0.2, 0) is 14.3 Å². The molecule has 28 heavy (non-hydrogen) atoms. The average Bonchev–Trinajstić information content (AvgIpc) is 2.68. The van der Waals surface area contributed by atoms with Crippen LogP contribution in [-0.4, -0.2) is 30.4 Å². The largest absolute Gasteiger partial charge is 0.452 e. The highest BCUT2D eigenvalue weighted by Gasteiger charge is 2.23. The van der Waals surface area contributed by atoms with Crippen LogP contribution in [0.1, 0.15) is 42.2 Å². The number of ether oxygens (including phenoxy) is 1. The molecule has 7 heteroatoms. The Balaban J connectivity index is 2.12. The lowest BCUT2D eigenvalue weighted by Crippen LogP contribution is -2.37. The van der Waals surface area contributed by atoms with Gasteiger partial charge in [0.15, 0.2) is 6.10 Å². The van der Waals surface area contributed by atoms with Crippen LogP contribution < -0.4 is 10.6 Å². The van der Waals surface area contributed by atoms with Crippen LogP contribution >= 0.6 is 11.6 Å². The van der Waals surface area contributed by atoms with E-state index in [1.807, 2.05) is 18.2 Å². The monoisotopic (exact) mass is 402 g/mol. The predicted octanol–water partition coefficient (Wildman–Crippen LogP) is 3.27. The summed E-state index contributed by atoms with van der Waals surface area (Å²) in [5.74, 6) is -1.36. The van der Waals surface area contributed by atoms with Crippen molar-refractivity contribution in [3.63, 3.8) is 0 Å². The minimum absolute atomic E-state index is 0.121. The van der Waals surface area contributed by atoms with Crippen molar-refractivity contribution in [1.82, 2.24) is 10.6 Å². The van der Waals surface area contributed by atoms with E-state index in [9.17, 15) is 14.4 Å². The number of amides is 2. The van der Waals surface area contributed by atoms with Gasteiger partial charge >= 0.3 is 5.97 Å². The molecule has 0 spiro atoms. The second-order valence-corrected chi connectivity index (χ2v) is 6.55. The molecule has 0 radical (unpaired) electrons. The molecule has 6 nitrogen and oxygen atoms in total. The van der Waals surface area contributed by atoms with Crippen molar-refractivity contribution in [1.29, 1.82) is 0 Å². The number of halogens is 1. The zero-order valence-electron chi connectivity index (χ0n) is 15.8. The smallest absolute Gasteiger partial charge is 0.309 e. The number of esters is 1. The van der Waals surface area contributed by atoms with E-state index in [4.69, 9.17) is 16.3 Å². The van der Waals surface area contributed by atoms with E-state index in [0.29, 0.717) is 17.1 Å². The van der Waals surface area contributed by atoms with Gasteiger partial charge in [0.25, 0.3) is 11.8 Å². The van der Waals surface area contributed by atoms with Crippen molar-refractivity contribution in [3.05, 3.63) is 70.7 Å². The van der Waals surface area contributed by atoms with E-state index in [1.54, 1.807) is 43.3 Å². The zero-order valence-corrected chi connectivity index (χ0v) is 16.5. The van der Waals surface area contributed by atoms with Crippen molar-refractivity contribution in [2.45, 2.75) is 32.4 Å². The number of nitrogens with one attached hydrogen (secondary N) is 2. The highest BCUT2D eigenvalue weighted by molar-refractivity contribution is 6.33.